The first-order chi connectivity index (χ1) is 10.2. The van der Waals surface area contributed by atoms with Crippen molar-refractivity contribution < 1.29 is 14.6 Å². The average molecular weight is 289 g/mol. The number of carbonyl (C=O) groups is 1. The van der Waals surface area contributed by atoms with Crippen LogP contribution < -0.4 is 5.32 Å². The predicted octanol–water partition coefficient (Wildman–Crippen LogP) is 1.52. The molecule has 1 aromatic heterocycles. The molecular weight excluding hydrogens is 270 g/mol. The Hall–Kier alpha value is -2.18. The Morgan fingerprint density at radius 1 is 1.29 bits per heavy atom. The number of aromatic carboxylic acids is 1. The summed E-state index contributed by atoms with van der Waals surface area (Å²) in [5.74, 6) is -0.905. The maximum absolute atomic E-state index is 10.8. The summed E-state index contributed by atoms with van der Waals surface area (Å²) in [5.41, 5.74) is 2.46. The van der Waals surface area contributed by atoms with Crippen LogP contribution in [0.1, 0.15) is 21.5 Å². The van der Waals surface area contributed by atoms with Crippen LogP contribution in [0.15, 0.2) is 36.7 Å². The molecule has 2 N–H and O–H groups in total. The number of hydrogen-bond donors (Lipinski definition) is 2. The molecule has 0 unspecified atom stereocenters. The Kier molecular flexibility index (Phi) is 5.48. The zero-order chi connectivity index (χ0) is 15.1. The van der Waals surface area contributed by atoms with E-state index in [9.17, 15) is 4.79 Å². The molecule has 112 valence electrons. The normalized spacial score (nSPS) is 10.7. The van der Waals surface area contributed by atoms with Gasteiger partial charge in [0.05, 0.1) is 24.9 Å². The van der Waals surface area contributed by atoms with Gasteiger partial charge in [-0.25, -0.2) is 4.79 Å². The maximum atomic E-state index is 10.8. The van der Waals surface area contributed by atoms with Crippen LogP contribution in [0.3, 0.4) is 0 Å². The lowest BCUT2D eigenvalue weighted by molar-refractivity contribution is 0.0697. The third kappa shape index (κ3) is 4.70. The van der Waals surface area contributed by atoms with E-state index in [2.05, 4.69) is 10.4 Å². The second-order valence-electron chi connectivity index (χ2n) is 4.71. The molecule has 0 saturated heterocycles. The Morgan fingerprint density at radius 2 is 2.00 bits per heavy atom. The van der Waals surface area contributed by atoms with Crippen molar-refractivity contribution in [2.45, 2.75) is 19.6 Å². The van der Waals surface area contributed by atoms with E-state index in [0.717, 1.165) is 17.7 Å². The summed E-state index contributed by atoms with van der Waals surface area (Å²) in [5, 5.41) is 16.4. The molecule has 0 atom stereocenters. The summed E-state index contributed by atoms with van der Waals surface area (Å²) >= 11 is 0. The van der Waals surface area contributed by atoms with Gasteiger partial charge >= 0.3 is 5.97 Å². The third-order valence-electron chi connectivity index (χ3n) is 3.07. The van der Waals surface area contributed by atoms with Crippen molar-refractivity contribution in [3.8, 4) is 0 Å². The van der Waals surface area contributed by atoms with Gasteiger partial charge in [-0.3, -0.25) is 4.68 Å². The van der Waals surface area contributed by atoms with Crippen LogP contribution in [0.5, 0.6) is 0 Å². The van der Waals surface area contributed by atoms with E-state index in [0.29, 0.717) is 25.3 Å². The van der Waals surface area contributed by atoms with Crippen molar-refractivity contribution in [1.82, 2.24) is 15.1 Å². The van der Waals surface area contributed by atoms with Gasteiger partial charge in [0, 0.05) is 32.0 Å². The molecule has 0 fully saturated rings. The summed E-state index contributed by atoms with van der Waals surface area (Å²) < 4.78 is 6.85. The van der Waals surface area contributed by atoms with E-state index in [1.165, 1.54) is 0 Å². The molecule has 0 aliphatic carbocycles. The lowest BCUT2D eigenvalue weighted by Crippen LogP contribution is -2.12. The highest BCUT2D eigenvalue weighted by Crippen LogP contribution is 2.05. The van der Waals surface area contributed by atoms with Crippen molar-refractivity contribution in [3.63, 3.8) is 0 Å². The van der Waals surface area contributed by atoms with Crippen LogP contribution in [0.25, 0.3) is 0 Å². The second-order valence-corrected chi connectivity index (χ2v) is 4.71. The van der Waals surface area contributed by atoms with Gasteiger partial charge in [-0.15, -0.1) is 0 Å². The van der Waals surface area contributed by atoms with E-state index in [-0.39, 0.29) is 0 Å². The lowest BCUT2D eigenvalue weighted by Gasteiger charge is -2.04. The second kappa shape index (κ2) is 7.56. The quantitative estimate of drug-likeness (QED) is 0.770. The summed E-state index contributed by atoms with van der Waals surface area (Å²) in [7, 11) is 1.67. The van der Waals surface area contributed by atoms with E-state index in [1.807, 2.05) is 29.2 Å². The van der Waals surface area contributed by atoms with Crippen molar-refractivity contribution >= 4 is 5.97 Å². The lowest BCUT2D eigenvalue weighted by atomic mass is 10.1. The number of nitrogens with one attached hydrogen (secondary N) is 1. The molecule has 1 heterocycles. The van der Waals surface area contributed by atoms with Crippen LogP contribution in [-0.2, 0) is 24.4 Å². The van der Waals surface area contributed by atoms with Crippen molar-refractivity contribution in [1.29, 1.82) is 0 Å². The highest BCUT2D eigenvalue weighted by Gasteiger charge is 2.02. The number of carboxylic acid groups (broad SMARTS) is 1. The molecule has 6 heteroatoms. The molecule has 0 saturated carbocycles. The zero-order valence-electron chi connectivity index (χ0n) is 12.0. The number of methoxy groups -OCH3 is 1. The van der Waals surface area contributed by atoms with Crippen LogP contribution in [0.2, 0.25) is 0 Å². The molecule has 21 heavy (non-hydrogen) atoms. The molecule has 0 spiro atoms. The molecule has 2 rings (SSSR count). The van der Waals surface area contributed by atoms with Crippen molar-refractivity contribution in [3.05, 3.63) is 53.3 Å². The standard InChI is InChI=1S/C15H19N3O3/c1-21-7-6-18-11-13(10-17-18)9-16-8-12-2-4-14(5-3-12)15(19)20/h2-5,10-11,16H,6-9H2,1H3,(H,19,20). The van der Waals surface area contributed by atoms with Crippen LogP contribution in [0.4, 0.5) is 0 Å². The fourth-order valence-electron chi connectivity index (χ4n) is 1.92. The first-order valence-corrected chi connectivity index (χ1v) is 6.72. The molecule has 0 aliphatic rings. The Balaban J connectivity index is 1.78. The Labute approximate surface area is 123 Å². The van der Waals surface area contributed by atoms with E-state index >= 15 is 0 Å². The first-order valence-electron chi connectivity index (χ1n) is 6.72. The van der Waals surface area contributed by atoms with Gasteiger partial charge in [0.15, 0.2) is 0 Å². The molecule has 0 amide bonds. The van der Waals surface area contributed by atoms with Gasteiger partial charge in [-0.05, 0) is 17.7 Å². The number of hydrogen-bond acceptors (Lipinski definition) is 4. The fraction of sp³-hybridized carbons (Fsp3) is 0.333. The van der Waals surface area contributed by atoms with E-state index in [4.69, 9.17) is 9.84 Å². The largest absolute Gasteiger partial charge is 0.478 e. The van der Waals surface area contributed by atoms with Crippen LogP contribution >= 0.6 is 0 Å². The summed E-state index contributed by atoms with van der Waals surface area (Å²) in [6.45, 7) is 2.79. The number of ether oxygens (including phenoxy) is 1. The van der Waals surface area contributed by atoms with Gasteiger partial charge in [0.2, 0.25) is 0 Å². The van der Waals surface area contributed by atoms with Gasteiger partial charge in [0.1, 0.15) is 0 Å². The van der Waals surface area contributed by atoms with E-state index < -0.39 is 5.97 Å². The summed E-state index contributed by atoms with van der Waals surface area (Å²) in [6.07, 6.45) is 3.82. The minimum absolute atomic E-state index is 0.304. The van der Waals surface area contributed by atoms with Crippen molar-refractivity contribution in [2.24, 2.45) is 0 Å². The summed E-state index contributed by atoms with van der Waals surface area (Å²) in [6, 6.07) is 6.86. The van der Waals surface area contributed by atoms with Gasteiger partial charge in [-0.2, -0.15) is 5.10 Å². The number of benzene rings is 1. The first kappa shape index (κ1) is 15.2. The zero-order valence-corrected chi connectivity index (χ0v) is 12.0. The summed E-state index contributed by atoms with van der Waals surface area (Å²) in [4.78, 5) is 10.8. The minimum atomic E-state index is -0.905. The van der Waals surface area contributed by atoms with Gasteiger partial charge in [0.25, 0.3) is 0 Å². The van der Waals surface area contributed by atoms with Crippen LogP contribution in [0, 0.1) is 0 Å². The highest BCUT2D eigenvalue weighted by atomic mass is 16.5. The van der Waals surface area contributed by atoms with Crippen LogP contribution in [-0.4, -0.2) is 34.6 Å². The number of aromatic nitrogens is 2. The molecule has 6 nitrogen and oxygen atoms in total. The average Bonchev–Trinajstić information content (AvgIpc) is 2.93. The maximum Gasteiger partial charge on any atom is 0.335 e. The highest BCUT2D eigenvalue weighted by molar-refractivity contribution is 5.87. The molecular formula is C15H19N3O3. The third-order valence-corrected chi connectivity index (χ3v) is 3.07. The monoisotopic (exact) mass is 289 g/mol. The predicted molar refractivity (Wildman–Crippen MR) is 78.0 cm³/mol. The van der Waals surface area contributed by atoms with Crippen molar-refractivity contribution in [2.75, 3.05) is 13.7 Å². The van der Waals surface area contributed by atoms with E-state index in [1.54, 1.807) is 19.2 Å². The fourth-order valence-corrected chi connectivity index (χ4v) is 1.92. The number of carboxylic acids is 1. The Morgan fingerprint density at radius 3 is 2.67 bits per heavy atom. The molecule has 0 aliphatic heterocycles. The molecule has 2 aromatic rings. The topological polar surface area (TPSA) is 76.4 Å². The smallest absolute Gasteiger partial charge is 0.335 e. The SMILES string of the molecule is COCCn1cc(CNCc2ccc(C(=O)O)cc2)cn1. The molecule has 0 bridgehead atoms. The molecule has 1 aromatic carbocycles. The minimum Gasteiger partial charge on any atom is -0.478 e. The van der Waals surface area contributed by atoms with Gasteiger partial charge < -0.3 is 15.2 Å². The van der Waals surface area contributed by atoms with Gasteiger partial charge in [-0.1, -0.05) is 12.1 Å². The molecule has 0 radical (unpaired) electrons. The Bertz CT molecular complexity index is 578. The number of nitrogens with zero attached hydrogens (tertiary/aromatic N) is 2. The number of rotatable bonds is 8.